The first-order chi connectivity index (χ1) is 12.5. The van der Waals surface area contributed by atoms with Crippen LogP contribution in [0.25, 0.3) is 10.8 Å². The number of rotatable bonds is 4. The Bertz CT molecular complexity index is 1120. The fraction of sp³-hybridized carbons (Fsp3) is 0.105. The van der Waals surface area contributed by atoms with Crippen molar-refractivity contribution >= 4 is 38.1 Å². The van der Waals surface area contributed by atoms with Gasteiger partial charge in [0.2, 0.25) is 5.91 Å². The maximum atomic E-state index is 12.9. The summed E-state index contributed by atoms with van der Waals surface area (Å²) in [6, 6.07) is 17.5. The molecule has 1 N–H and O–H groups in total. The molecule has 0 atom stereocenters. The highest BCUT2D eigenvalue weighted by Crippen LogP contribution is 2.41. The van der Waals surface area contributed by atoms with E-state index in [1.54, 1.807) is 48.5 Å². The number of anilines is 2. The van der Waals surface area contributed by atoms with Crippen LogP contribution in [-0.4, -0.2) is 28.0 Å². The van der Waals surface area contributed by atoms with Crippen molar-refractivity contribution in [2.24, 2.45) is 0 Å². The molecule has 0 aliphatic carbocycles. The highest BCUT2D eigenvalue weighted by atomic mass is 32.2. The van der Waals surface area contributed by atoms with E-state index in [-0.39, 0.29) is 11.4 Å². The van der Waals surface area contributed by atoms with Gasteiger partial charge >= 0.3 is 0 Å². The Balaban J connectivity index is 1.67. The van der Waals surface area contributed by atoms with Gasteiger partial charge in [0.1, 0.15) is 12.3 Å². The summed E-state index contributed by atoms with van der Waals surface area (Å²) in [5, 5.41) is 4.20. The Hall–Kier alpha value is -3.06. The van der Waals surface area contributed by atoms with E-state index in [0.717, 1.165) is 9.69 Å². The molecule has 0 aromatic heterocycles. The predicted octanol–water partition coefficient (Wildman–Crippen LogP) is 3.00. The van der Waals surface area contributed by atoms with E-state index in [4.69, 9.17) is 4.74 Å². The van der Waals surface area contributed by atoms with Crippen molar-refractivity contribution in [1.82, 2.24) is 0 Å². The SMILES string of the molecule is COc1ccccc1NC(=O)CN1c2cccc3cccc(c23)S1(=O)=O. The van der Waals surface area contributed by atoms with Crippen LogP contribution in [0.3, 0.4) is 0 Å². The maximum absolute atomic E-state index is 12.9. The number of hydrogen-bond donors (Lipinski definition) is 1. The van der Waals surface area contributed by atoms with Gasteiger partial charge in [-0.05, 0) is 29.7 Å². The van der Waals surface area contributed by atoms with Crippen LogP contribution in [0.4, 0.5) is 11.4 Å². The Morgan fingerprint density at radius 3 is 2.54 bits per heavy atom. The molecule has 4 rings (SSSR count). The minimum absolute atomic E-state index is 0.232. The van der Waals surface area contributed by atoms with Gasteiger partial charge in [-0.3, -0.25) is 9.10 Å². The summed E-state index contributed by atoms with van der Waals surface area (Å²) in [6.07, 6.45) is 0. The van der Waals surface area contributed by atoms with Crippen LogP contribution in [0.5, 0.6) is 5.75 Å². The number of amides is 1. The number of hydrogen-bond acceptors (Lipinski definition) is 4. The van der Waals surface area contributed by atoms with Crippen molar-refractivity contribution in [2.75, 3.05) is 23.3 Å². The molecule has 0 saturated carbocycles. The minimum atomic E-state index is -3.76. The number of carbonyl (C=O) groups excluding carboxylic acids is 1. The third-order valence-electron chi connectivity index (χ3n) is 4.35. The van der Waals surface area contributed by atoms with Gasteiger partial charge in [0.15, 0.2) is 0 Å². The summed E-state index contributed by atoms with van der Waals surface area (Å²) in [4.78, 5) is 12.8. The molecule has 1 heterocycles. The standard InChI is InChI=1S/C19H16N2O4S/c1-25-16-10-3-2-8-14(16)20-18(22)12-21-15-9-4-6-13-7-5-11-17(19(13)15)26(21,23)24/h2-11H,12H2,1H3,(H,20,22). The van der Waals surface area contributed by atoms with E-state index in [1.165, 1.54) is 7.11 Å². The van der Waals surface area contributed by atoms with E-state index in [1.807, 2.05) is 12.1 Å². The van der Waals surface area contributed by atoms with Crippen molar-refractivity contribution in [3.8, 4) is 5.75 Å². The first-order valence-corrected chi connectivity index (χ1v) is 9.44. The molecule has 1 aliphatic rings. The molecule has 3 aromatic carbocycles. The van der Waals surface area contributed by atoms with E-state index in [0.29, 0.717) is 22.5 Å². The van der Waals surface area contributed by atoms with Gasteiger partial charge in [-0.2, -0.15) is 0 Å². The first kappa shape index (κ1) is 16.4. The monoisotopic (exact) mass is 368 g/mol. The molecule has 1 aliphatic heterocycles. The van der Waals surface area contributed by atoms with E-state index in [2.05, 4.69) is 5.32 Å². The molecule has 1 amide bonds. The van der Waals surface area contributed by atoms with Crippen LogP contribution in [0.15, 0.2) is 65.6 Å². The second-order valence-electron chi connectivity index (χ2n) is 5.89. The lowest BCUT2D eigenvalue weighted by Gasteiger charge is -2.18. The van der Waals surface area contributed by atoms with Gasteiger partial charge in [-0.1, -0.05) is 36.4 Å². The lowest BCUT2D eigenvalue weighted by molar-refractivity contribution is -0.114. The van der Waals surface area contributed by atoms with E-state index in [9.17, 15) is 13.2 Å². The Labute approximate surface area is 151 Å². The second-order valence-corrected chi connectivity index (χ2v) is 7.72. The Kier molecular flexibility index (Phi) is 3.81. The number of nitrogens with zero attached hydrogens (tertiary/aromatic N) is 1. The summed E-state index contributed by atoms with van der Waals surface area (Å²) >= 11 is 0. The molecule has 26 heavy (non-hydrogen) atoms. The van der Waals surface area contributed by atoms with Crippen molar-refractivity contribution in [3.05, 3.63) is 60.7 Å². The number of sulfonamides is 1. The molecule has 0 fully saturated rings. The smallest absolute Gasteiger partial charge is 0.265 e. The molecule has 0 unspecified atom stereocenters. The molecule has 7 heteroatoms. The lowest BCUT2D eigenvalue weighted by Crippen LogP contribution is -2.35. The third kappa shape index (κ3) is 2.48. The van der Waals surface area contributed by atoms with E-state index >= 15 is 0 Å². The number of nitrogens with one attached hydrogen (secondary N) is 1. The van der Waals surface area contributed by atoms with Crippen LogP contribution < -0.4 is 14.4 Å². The third-order valence-corrected chi connectivity index (χ3v) is 6.15. The molecule has 0 bridgehead atoms. The topological polar surface area (TPSA) is 75.7 Å². The zero-order chi connectivity index (χ0) is 18.3. The van der Waals surface area contributed by atoms with Gasteiger partial charge in [-0.25, -0.2) is 8.42 Å². The molecular formula is C19H16N2O4S. The van der Waals surface area contributed by atoms with Crippen LogP contribution in [-0.2, 0) is 14.8 Å². The summed E-state index contributed by atoms with van der Waals surface area (Å²) in [7, 11) is -2.25. The molecule has 132 valence electrons. The number of benzene rings is 3. The van der Waals surface area contributed by atoms with Gasteiger partial charge in [0.05, 0.1) is 23.4 Å². The Morgan fingerprint density at radius 2 is 1.77 bits per heavy atom. The fourth-order valence-corrected chi connectivity index (χ4v) is 4.86. The van der Waals surface area contributed by atoms with Crippen LogP contribution in [0.1, 0.15) is 0 Å². The van der Waals surface area contributed by atoms with Crippen LogP contribution >= 0.6 is 0 Å². The number of carbonyl (C=O) groups is 1. The normalized spacial score (nSPS) is 14.4. The highest BCUT2D eigenvalue weighted by molar-refractivity contribution is 7.93. The van der Waals surface area contributed by atoms with Crippen molar-refractivity contribution < 1.29 is 17.9 Å². The van der Waals surface area contributed by atoms with Gasteiger partial charge < -0.3 is 10.1 Å². The fourth-order valence-electron chi connectivity index (χ4n) is 3.20. The molecule has 0 radical (unpaired) electrons. The highest BCUT2D eigenvalue weighted by Gasteiger charge is 2.36. The van der Waals surface area contributed by atoms with Crippen molar-refractivity contribution in [2.45, 2.75) is 4.90 Å². The molecular weight excluding hydrogens is 352 g/mol. The van der Waals surface area contributed by atoms with Crippen molar-refractivity contribution in [1.29, 1.82) is 0 Å². The number of para-hydroxylation sites is 2. The van der Waals surface area contributed by atoms with Crippen molar-refractivity contribution in [3.63, 3.8) is 0 Å². The summed E-state index contributed by atoms with van der Waals surface area (Å²) in [5.74, 6) is 0.0680. The Morgan fingerprint density at radius 1 is 1.04 bits per heavy atom. The first-order valence-electron chi connectivity index (χ1n) is 8.00. The molecule has 6 nitrogen and oxygen atoms in total. The average molecular weight is 368 g/mol. The zero-order valence-corrected chi connectivity index (χ0v) is 14.8. The van der Waals surface area contributed by atoms with E-state index < -0.39 is 15.9 Å². The molecule has 0 saturated heterocycles. The zero-order valence-electron chi connectivity index (χ0n) is 14.0. The lowest BCUT2D eigenvalue weighted by atomic mass is 10.1. The minimum Gasteiger partial charge on any atom is -0.495 e. The van der Waals surface area contributed by atoms with Gasteiger partial charge in [0, 0.05) is 5.39 Å². The van der Waals surface area contributed by atoms with Crippen LogP contribution in [0, 0.1) is 0 Å². The summed E-state index contributed by atoms with van der Waals surface area (Å²) in [6.45, 7) is -0.311. The number of methoxy groups -OCH3 is 1. The van der Waals surface area contributed by atoms with Crippen LogP contribution in [0.2, 0.25) is 0 Å². The largest absolute Gasteiger partial charge is 0.495 e. The average Bonchev–Trinajstić information content (AvgIpc) is 2.86. The van der Waals surface area contributed by atoms with Gasteiger partial charge in [-0.15, -0.1) is 0 Å². The predicted molar refractivity (Wildman–Crippen MR) is 100 cm³/mol. The summed E-state index contributed by atoms with van der Waals surface area (Å²) in [5.41, 5.74) is 1.01. The van der Waals surface area contributed by atoms with Gasteiger partial charge in [0.25, 0.3) is 10.0 Å². The molecule has 0 spiro atoms. The summed E-state index contributed by atoms with van der Waals surface area (Å²) < 4.78 is 32.2. The quantitative estimate of drug-likeness (QED) is 0.768. The second kappa shape index (κ2) is 6.03. The maximum Gasteiger partial charge on any atom is 0.265 e. The number of ether oxygens (including phenoxy) is 1. The molecule has 3 aromatic rings.